The number of sulfonamides is 1. The van der Waals surface area contributed by atoms with E-state index in [4.69, 9.17) is 0 Å². The molecule has 2 rings (SSSR count). The Morgan fingerprint density at radius 3 is 2.33 bits per heavy atom. The topological polar surface area (TPSA) is 89.3 Å². The molecular weight excluding hydrogens is 328 g/mol. The molecule has 24 heavy (non-hydrogen) atoms. The van der Waals surface area contributed by atoms with Gasteiger partial charge < -0.3 is 0 Å². The molecule has 1 atom stereocenters. The van der Waals surface area contributed by atoms with Gasteiger partial charge in [-0.1, -0.05) is 37.3 Å². The Morgan fingerprint density at radius 2 is 1.79 bits per heavy atom. The molecule has 2 aromatic carbocycles. The summed E-state index contributed by atoms with van der Waals surface area (Å²) in [6.45, 7) is 5.40. The molecule has 0 aliphatic heterocycles. The first-order valence-corrected chi connectivity index (χ1v) is 9.09. The lowest BCUT2D eigenvalue weighted by Crippen LogP contribution is -2.27. The Labute approximate surface area is 141 Å². The van der Waals surface area contributed by atoms with E-state index in [0.29, 0.717) is 5.56 Å². The largest absolute Gasteiger partial charge is 0.270 e. The average Bonchev–Trinajstić information content (AvgIpc) is 2.54. The van der Waals surface area contributed by atoms with Crippen molar-refractivity contribution >= 4 is 15.7 Å². The van der Waals surface area contributed by atoms with Crippen LogP contribution in [-0.2, 0) is 16.4 Å². The summed E-state index contributed by atoms with van der Waals surface area (Å²) in [5.74, 6) is 0. The van der Waals surface area contributed by atoms with Crippen LogP contribution in [0.3, 0.4) is 0 Å². The number of hydrogen-bond acceptors (Lipinski definition) is 4. The molecular formula is C17H20N2O4S. The maximum absolute atomic E-state index is 12.6. The second-order valence-electron chi connectivity index (χ2n) is 5.65. The zero-order chi connectivity index (χ0) is 17.9. The summed E-state index contributed by atoms with van der Waals surface area (Å²) >= 11 is 0. The van der Waals surface area contributed by atoms with E-state index in [0.717, 1.165) is 18.1 Å². The summed E-state index contributed by atoms with van der Waals surface area (Å²) in [5.41, 5.74) is 2.21. The number of aryl methyl sites for hydroxylation is 2. The first kappa shape index (κ1) is 18.1. The molecule has 0 amide bonds. The van der Waals surface area contributed by atoms with Crippen molar-refractivity contribution in [2.45, 2.75) is 38.1 Å². The van der Waals surface area contributed by atoms with Crippen molar-refractivity contribution in [1.29, 1.82) is 0 Å². The Balaban J connectivity index is 2.30. The minimum atomic E-state index is -3.86. The van der Waals surface area contributed by atoms with E-state index in [1.165, 1.54) is 17.7 Å². The third kappa shape index (κ3) is 3.98. The van der Waals surface area contributed by atoms with Gasteiger partial charge in [0.1, 0.15) is 0 Å². The zero-order valence-corrected chi connectivity index (χ0v) is 14.6. The fourth-order valence-corrected chi connectivity index (χ4v) is 3.89. The van der Waals surface area contributed by atoms with Gasteiger partial charge in [-0.15, -0.1) is 0 Å². The van der Waals surface area contributed by atoms with Crippen LogP contribution in [-0.4, -0.2) is 13.3 Å². The molecule has 128 valence electrons. The maximum atomic E-state index is 12.6. The van der Waals surface area contributed by atoms with Crippen LogP contribution < -0.4 is 4.72 Å². The van der Waals surface area contributed by atoms with Gasteiger partial charge in [0.15, 0.2) is 0 Å². The van der Waals surface area contributed by atoms with E-state index in [1.807, 2.05) is 31.2 Å². The number of rotatable bonds is 6. The number of non-ortho nitro benzene ring substituents is 1. The van der Waals surface area contributed by atoms with Gasteiger partial charge in [-0.05, 0) is 37.0 Å². The molecule has 7 heteroatoms. The monoisotopic (exact) mass is 348 g/mol. The van der Waals surface area contributed by atoms with E-state index in [2.05, 4.69) is 4.72 Å². The zero-order valence-electron chi connectivity index (χ0n) is 13.8. The molecule has 0 bridgehead atoms. The van der Waals surface area contributed by atoms with Crippen LogP contribution in [0.4, 0.5) is 5.69 Å². The number of benzene rings is 2. The molecule has 0 unspecified atom stereocenters. The summed E-state index contributed by atoms with van der Waals surface area (Å²) < 4.78 is 27.8. The van der Waals surface area contributed by atoms with Crippen LogP contribution in [0.15, 0.2) is 47.4 Å². The molecule has 0 aliphatic rings. The Morgan fingerprint density at radius 1 is 1.17 bits per heavy atom. The van der Waals surface area contributed by atoms with Gasteiger partial charge in [-0.3, -0.25) is 10.1 Å². The molecule has 0 spiro atoms. The van der Waals surface area contributed by atoms with Gasteiger partial charge in [0, 0.05) is 18.2 Å². The van der Waals surface area contributed by atoms with Gasteiger partial charge in [0.25, 0.3) is 5.69 Å². The third-order valence-electron chi connectivity index (χ3n) is 3.89. The van der Waals surface area contributed by atoms with Crippen LogP contribution in [0.1, 0.15) is 36.6 Å². The quantitative estimate of drug-likeness (QED) is 0.639. The van der Waals surface area contributed by atoms with Crippen molar-refractivity contribution in [2.24, 2.45) is 0 Å². The molecule has 2 aromatic rings. The molecule has 6 nitrogen and oxygen atoms in total. The highest BCUT2D eigenvalue weighted by molar-refractivity contribution is 7.89. The minimum Gasteiger partial charge on any atom is -0.258 e. The number of nitro benzene ring substituents is 1. The summed E-state index contributed by atoms with van der Waals surface area (Å²) in [5, 5.41) is 10.9. The van der Waals surface area contributed by atoms with Crippen LogP contribution in [0.2, 0.25) is 0 Å². The van der Waals surface area contributed by atoms with Gasteiger partial charge in [-0.25, -0.2) is 13.1 Å². The Bertz CT molecular complexity index is 845. The van der Waals surface area contributed by atoms with Crippen molar-refractivity contribution in [1.82, 2.24) is 4.72 Å². The van der Waals surface area contributed by atoms with Crippen LogP contribution in [0, 0.1) is 17.0 Å². The maximum Gasteiger partial charge on any atom is 0.270 e. The standard InChI is InChI=1S/C17H20N2O4S/c1-4-14-6-8-15(9-7-14)13(3)18-24(22,23)17-11-16(19(20)21)10-5-12(17)2/h5-11,13,18H,4H2,1-3H3/t13-/m0/s1. The van der Waals surface area contributed by atoms with Crippen LogP contribution in [0.25, 0.3) is 0 Å². The van der Waals surface area contributed by atoms with E-state index in [1.54, 1.807) is 13.8 Å². The Hall–Kier alpha value is -2.25. The van der Waals surface area contributed by atoms with E-state index >= 15 is 0 Å². The highest BCUT2D eigenvalue weighted by atomic mass is 32.2. The second kappa shape index (κ2) is 7.11. The van der Waals surface area contributed by atoms with Crippen molar-refractivity contribution in [3.63, 3.8) is 0 Å². The first-order valence-electron chi connectivity index (χ1n) is 7.61. The fourth-order valence-electron chi connectivity index (χ4n) is 2.40. The molecule has 0 heterocycles. The van der Waals surface area contributed by atoms with Gasteiger partial charge in [-0.2, -0.15) is 0 Å². The lowest BCUT2D eigenvalue weighted by Gasteiger charge is -2.16. The predicted octanol–water partition coefficient (Wildman–Crippen LogP) is 3.51. The van der Waals surface area contributed by atoms with Crippen molar-refractivity contribution in [2.75, 3.05) is 0 Å². The highest BCUT2D eigenvalue weighted by Crippen LogP contribution is 2.24. The number of nitrogens with zero attached hydrogens (tertiary/aromatic N) is 1. The summed E-state index contributed by atoms with van der Waals surface area (Å²) in [6.07, 6.45) is 0.910. The van der Waals surface area contributed by atoms with E-state index in [-0.39, 0.29) is 10.6 Å². The smallest absolute Gasteiger partial charge is 0.258 e. The third-order valence-corrected chi connectivity index (χ3v) is 5.57. The molecule has 0 radical (unpaired) electrons. The Kier molecular flexibility index (Phi) is 5.36. The summed E-state index contributed by atoms with van der Waals surface area (Å²) in [6, 6.07) is 11.1. The number of nitrogens with one attached hydrogen (secondary N) is 1. The number of nitro groups is 1. The molecule has 0 fully saturated rings. The van der Waals surface area contributed by atoms with E-state index < -0.39 is 21.0 Å². The van der Waals surface area contributed by atoms with Crippen molar-refractivity contribution in [3.05, 3.63) is 69.3 Å². The lowest BCUT2D eigenvalue weighted by molar-refractivity contribution is -0.385. The molecule has 0 aromatic heterocycles. The second-order valence-corrected chi connectivity index (χ2v) is 7.33. The SMILES string of the molecule is CCc1ccc([C@H](C)NS(=O)(=O)c2cc([N+](=O)[O-])ccc2C)cc1. The summed E-state index contributed by atoms with van der Waals surface area (Å²) in [7, 11) is -3.86. The van der Waals surface area contributed by atoms with Crippen LogP contribution >= 0.6 is 0 Å². The summed E-state index contributed by atoms with van der Waals surface area (Å²) in [4.78, 5) is 10.2. The fraction of sp³-hybridized carbons (Fsp3) is 0.294. The van der Waals surface area contributed by atoms with E-state index in [9.17, 15) is 18.5 Å². The molecule has 0 saturated heterocycles. The van der Waals surface area contributed by atoms with Crippen LogP contribution in [0.5, 0.6) is 0 Å². The minimum absolute atomic E-state index is 0.0753. The lowest BCUT2D eigenvalue weighted by atomic mass is 10.1. The number of hydrogen-bond donors (Lipinski definition) is 1. The van der Waals surface area contributed by atoms with Crippen molar-refractivity contribution < 1.29 is 13.3 Å². The van der Waals surface area contributed by atoms with Gasteiger partial charge in [0.05, 0.1) is 9.82 Å². The molecule has 0 saturated carbocycles. The molecule has 1 N–H and O–H groups in total. The van der Waals surface area contributed by atoms with Gasteiger partial charge >= 0.3 is 0 Å². The average molecular weight is 348 g/mol. The molecule has 0 aliphatic carbocycles. The van der Waals surface area contributed by atoms with Crippen molar-refractivity contribution in [3.8, 4) is 0 Å². The normalized spacial score (nSPS) is 12.8. The predicted molar refractivity (Wildman–Crippen MR) is 92.4 cm³/mol. The van der Waals surface area contributed by atoms with Gasteiger partial charge in [0.2, 0.25) is 10.0 Å². The highest BCUT2D eigenvalue weighted by Gasteiger charge is 2.23. The first-order chi connectivity index (χ1) is 11.2.